The summed E-state index contributed by atoms with van der Waals surface area (Å²) < 4.78 is 11.1. The van der Waals surface area contributed by atoms with Crippen LogP contribution in [-0.4, -0.2) is 41.3 Å². The quantitative estimate of drug-likeness (QED) is 0.932. The minimum absolute atomic E-state index is 0.153. The summed E-state index contributed by atoms with van der Waals surface area (Å²) in [6, 6.07) is 7.99. The van der Waals surface area contributed by atoms with Crippen molar-refractivity contribution < 1.29 is 14.3 Å². The highest BCUT2D eigenvalue weighted by atomic mass is 16.6. The maximum absolute atomic E-state index is 11.7. The molecule has 0 saturated carbocycles. The third kappa shape index (κ3) is 2.31. The molecule has 0 spiro atoms. The minimum atomic E-state index is -0.256. The second kappa shape index (κ2) is 5.07. The molecule has 5 heteroatoms. The normalized spacial score (nSPS) is 18.9. The van der Waals surface area contributed by atoms with E-state index >= 15 is 0 Å². The Morgan fingerprint density at radius 1 is 1.45 bits per heavy atom. The fourth-order valence-corrected chi connectivity index (χ4v) is 2.41. The van der Waals surface area contributed by atoms with Crippen molar-refractivity contribution in [3.05, 3.63) is 30.5 Å². The van der Waals surface area contributed by atoms with Gasteiger partial charge < -0.3 is 19.4 Å². The molecule has 1 aromatic carbocycles. The number of aromatic amines is 1. The zero-order chi connectivity index (χ0) is 14.1. The van der Waals surface area contributed by atoms with E-state index in [1.165, 1.54) is 0 Å². The summed E-state index contributed by atoms with van der Waals surface area (Å²) in [4.78, 5) is 16.5. The standard InChI is InChI=1S/C15H18N2O3/c1-10(2)17-8-11(20-15(17)18)9-19-14-5-3-4-13-12(14)6-7-16-13/h3-7,10-11,16H,8-9H2,1-2H3/t11-/m0/s1. The monoisotopic (exact) mass is 274 g/mol. The van der Waals surface area contributed by atoms with Gasteiger partial charge in [-0.1, -0.05) is 6.07 Å². The van der Waals surface area contributed by atoms with Gasteiger partial charge in [-0.3, -0.25) is 0 Å². The second-order valence-electron chi connectivity index (χ2n) is 5.26. The summed E-state index contributed by atoms with van der Waals surface area (Å²) in [5.74, 6) is 0.808. The molecule has 1 aromatic heterocycles. The molecule has 1 atom stereocenters. The highest BCUT2D eigenvalue weighted by Crippen LogP contribution is 2.25. The van der Waals surface area contributed by atoms with Crippen molar-refractivity contribution in [2.45, 2.75) is 26.0 Å². The lowest BCUT2D eigenvalue weighted by Crippen LogP contribution is -2.32. The van der Waals surface area contributed by atoms with Crippen LogP contribution in [0.1, 0.15) is 13.8 Å². The summed E-state index contributed by atoms with van der Waals surface area (Å²) in [5.41, 5.74) is 1.04. The molecule has 0 bridgehead atoms. The molecule has 2 aromatic rings. The molecule has 1 N–H and O–H groups in total. The van der Waals surface area contributed by atoms with Crippen molar-refractivity contribution in [2.75, 3.05) is 13.2 Å². The number of hydrogen-bond acceptors (Lipinski definition) is 3. The van der Waals surface area contributed by atoms with Crippen LogP contribution in [0.25, 0.3) is 10.9 Å². The zero-order valence-electron chi connectivity index (χ0n) is 11.6. The number of benzene rings is 1. The molecule has 20 heavy (non-hydrogen) atoms. The Kier molecular flexibility index (Phi) is 3.26. The van der Waals surface area contributed by atoms with Crippen molar-refractivity contribution in [3.8, 4) is 5.75 Å². The summed E-state index contributed by atoms with van der Waals surface area (Å²) in [5, 5.41) is 1.04. The van der Waals surface area contributed by atoms with Crippen molar-refractivity contribution in [1.82, 2.24) is 9.88 Å². The first-order valence-corrected chi connectivity index (χ1v) is 6.81. The number of H-pyrrole nitrogens is 1. The molecule has 5 nitrogen and oxygen atoms in total. The Labute approximate surface area is 117 Å². The molecule has 1 aliphatic heterocycles. The Morgan fingerprint density at radius 3 is 3.05 bits per heavy atom. The van der Waals surface area contributed by atoms with Crippen LogP contribution >= 0.6 is 0 Å². The van der Waals surface area contributed by atoms with Crippen LogP contribution < -0.4 is 4.74 Å². The first kappa shape index (κ1) is 12.8. The van der Waals surface area contributed by atoms with E-state index in [1.807, 2.05) is 44.3 Å². The van der Waals surface area contributed by atoms with Crippen molar-refractivity contribution in [3.63, 3.8) is 0 Å². The zero-order valence-corrected chi connectivity index (χ0v) is 11.6. The van der Waals surface area contributed by atoms with Crippen LogP contribution in [0.4, 0.5) is 4.79 Å². The van der Waals surface area contributed by atoms with Gasteiger partial charge in [0.2, 0.25) is 0 Å². The SMILES string of the molecule is CC(C)N1C[C@@H](COc2cccc3[nH]ccc23)OC1=O. The summed E-state index contributed by atoms with van der Waals surface area (Å²) >= 11 is 0. The summed E-state index contributed by atoms with van der Waals surface area (Å²) in [7, 11) is 0. The fourth-order valence-electron chi connectivity index (χ4n) is 2.41. The van der Waals surface area contributed by atoms with Crippen molar-refractivity contribution >= 4 is 17.0 Å². The van der Waals surface area contributed by atoms with E-state index in [1.54, 1.807) is 4.90 Å². The van der Waals surface area contributed by atoms with Crippen LogP contribution in [0.2, 0.25) is 0 Å². The Morgan fingerprint density at radius 2 is 2.30 bits per heavy atom. The number of nitrogens with zero attached hydrogens (tertiary/aromatic N) is 1. The van der Waals surface area contributed by atoms with Gasteiger partial charge in [0.25, 0.3) is 0 Å². The second-order valence-corrected chi connectivity index (χ2v) is 5.26. The lowest BCUT2D eigenvalue weighted by atomic mass is 10.2. The van der Waals surface area contributed by atoms with E-state index in [4.69, 9.17) is 9.47 Å². The van der Waals surface area contributed by atoms with E-state index in [2.05, 4.69) is 4.98 Å². The first-order valence-electron chi connectivity index (χ1n) is 6.81. The maximum Gasteiger partial charge on any atom is 0.410 e. The topological polar surface area (TPSA) is 54.6 Å². The number of carbonyl (C=O) groups is 1. The lowest BCUT2D eigenvalue weighted by Gasteiger charge is -2.17. The summed E-state index contributed by atoms with van der Waals surface area (Å²) in [6.07, 6.45) is 1.42. The van der Waals surface area contributed by atoms with Crippen LogP contribution in [0.15, 0.2) is 30.5 Å². The van der Waals surface area contributed by atoms with Gasteiger partial charge in [-0.05, 0) is 32.0 Å². The number of amides is 1. The van der Waals surface area contributed by atoms with Gasteiger partial charge in [-0.2, -0.15) is 0 Å². The van der Waals surface area contributed by atoms with E-state index in [-0.39, 0.29) is 18.2 Å². The number of cyclic esters (lactones) is 1. The van der Waals surface area contributed by atoms with E-state index < -0.39 is 0 Å². The number of rotatable bonds is 4. The Bertz CT molecular complexity index is 620. The Hall–Kier alpha value is -2.17. The molecule has 1 saturated heterocycles. The van der Waals surface area contributed by atoms with Gasteiger partial charge in [0.05, 0.1) is 6.54 Å². The number of aromatic nitrogens is 1. The molecule has 1 amide bonds. The van der Waals surface area contributed by atoms with E-state index in [9.17, 15) is 4.79 Å². The van der Waals surface area contributed by atoms with Gasteiger partial charge in [-0.25, -0.2) is 4.79 Å². The number of nitrogens with one attached hydrogen (secondary N) is 1. The first-order chi connectivity index (χ1) is 9.65. The molecular weight excluding hydrogens is 256 g/mol. The predicted molar refractivity (Wildman–Crippen MR) is 75.9 cm³/mol. The predicted octanol–water partition coefficient (Wildman–Crippen LogP) is 2.78. The maximum atomic E-state index is 11.7. The molecule has 3 rings (SSSR count). The van der Waals surface area contributed by atoms with Gasteiger partial charge in [0, 0.05) is 23.1 Å². The highest BCUT2D eigenvalue weighted by molar-refractivity contribution is 5.85. The van der Waals surface area contributed by atoms with Gasteiger partial charge in [0.15, 0.2) is 6.10 Å². The van der Waals surface area contributed by atoms with Crippen LogP contribution in [-0.2, 0) is 4.74 Å². The number of ether oxygens (including phenoxy) is 2. The largest absolute Gasteiger partial charge is 0.489 e. The van der Waals surface area contributed by atoms with Gasteiger partial charge >= 0.3 is 6.09 Å². The number of carbonyl (C=O) groups excluding carboxylic acids is 1. The van der Waals surface area contributed by atoms with Crippen LogP contribution in [0.5, 0.6) is 5.75 Å². The van der Waals surface area contributed by atoms with Gasteiger partial charge in [0.1, 0.15) is 12.4 Å². The van der Waals surface area contributed by atoms with Crippen LogP contribution in [0.3, 0.4) is 0 Å². The third-order valence-corrected chi connectivity index (χ3v) is 3.51. The average molecular weight is 274 g/mol. The summed E-state index contributed by atoms with van der Waals surface area (Å²) in [6.45, 7) is 4.91. The van der Waals surface area contributed by atoms with Crippen molar-refractivity contribution in [1.29, 1.82) is 0 Å². The van der Waals surface area contributed by atoms with Crippen molar-refractivity contribution in [2.24, 2.45) is 0 Å². The van der Waals surface area contributed by atoms with Crippen LogP contribution in [0, 0.1) is 0 Å². The molecule has 106 valence electrons. The number of fused-ring (bicyclic) bond motifs is 1. The highest BCUT2D eigenvalue weighted by Gasteiger charge is 2.33. The fraction of sp³-hybridized carbons (Fsp3) is 0.400. The molecule has 0 radical (unpaired) electrons. The smallest absolute Gasteiger partial charge is 0.410 e. The molecule has 1 aliphatic rings. The van der Waals surface area contributed by atoms with E-state index in [0.717, 1.165) is 16.7 Å². The minimum Gasteiger partial charge on any atom is -0.489 e. The van der Waals surface area contributed by atoms with E-state index in [0.29, 0.717) is 13.2 Å². The number of hydrogen-bond donors (Lipinski definition) is 1. The molecular formula is C15H18N2O3. The molecule has 0 aliphatic carbocycles. The molecule has 2 heterocycles. The van der Waals surface area contributed by atoms with Gasteiger partial charge in [-0.15, -0.1) is 0 Å². The molecule has 0 unspecified atom stereocenters. The third-order valence-electron chi connectivity index (χ3n) is 3.51. The molecule has 1 fully saturated rings. The average Bonchev–Trinajstić information content (AvgIpc) is 3.02. The Balaban J connectivity index is 1.66. The lowest BCUT2D eigenvalue weighted by molar-refractivity contribution is 0.102.